The SMILES string of the molecule is COC(=O)c1ccc2c(c1)C(N(C)S(=O)(=O)N(C)C)CC(C)(C)O2. The molecule has 1 aliphatic heterocycles. The van der Waals surface area contributed by atoms with Crippen molar-refractivity contribution in [2.24, 2.45) is 0 Å². The van der Waals surface area contributed by atoms with E-state index in [4.69, 9.17) is 9.47 Å². The average molecular weight is 356 g/mol. The van der Waals surface area contributed by atoms with Gasteiger partial charge in [-0.25, -0.2) is 4.79 Å². The fourth-order valence-electron chi connectivity index (χ4n) is 2.80. The molecule has 1 aliphatic rings. The third-order valence-corrected chi connectivity index (χ3v) is 6.03. The van der Waals surface area contributed by atoms with Crippen LogP contribution in [0.3, 0.4) is 0 Å². The number of hydrogen-bond acceptors (Lipinski definition) is 5. The van der Waals surface area contributed by atoms with Crippen molar-refractivity contribution in [2.75, 3.05) is 28.3 Å². The molecule has 0 saturated carbocycles. The fourth-order valence-corrected chi connectivity index (χ4v) is 3.83. The Hall–Kier alpha value is -1.64. The van der Waals surface area contributed by atoms with Crippen LogP contribution < -0.4 is 4.74 Å². The van der Waals surface area contributed by atoms with Crippen LogP contribution >= 0.6 is 0 Å². The number of hydrogen-bond donors (Lipinski definition) is 0. The van der Waals surface area contributed by atoms with Crippen molar-refractivity contribution in [1.29, 1.82) is 0 Å². The second-order valence-corrected chi connectivity index (χ2v) is 8.83. The first-order valence-electron chi connectivity index (χ1n) is 7.56. The van der Waals surface area contributed by atoms with E-state index >= 15 is 0 Å². The summed E-state index contributed by atoms with van der Waals surface area (Å²) in [4.78, 5) is 11.8. The molecule has 1 unspecified atom stereocenters. The van der Waals surface area contributed by atoms with Gasteiger partial charge >= 0.3 is 5.97 Å². The van der Waals surface area contributed by atoms with E-state index in [1.54, 1.807) is 18.2 Å². The van der Waals surface area contributed by atoms with E-state index in [1.165, 1.54) is 36.9 Å². The molecule has 0 fully saturated rings. The zero-order chi connectivity index (χ0) is 18.3. The number of ether oxygens (including phenoxy) is 2. The Morgan fingerprint density at radius 3 is 2.46 bits per heavy atom. The quantitative estimate of drug-likeness (QED) is 0.769. The first-order valence-corrected chi connectivity index (χ1v) is 8.96. The molecule has 1 atom stereocenters. The van der Waals surface area contributed by atoms with E-state index in [2.05, 4.69) is 0 Å². The molecule has 0 aromatic heterocycles. The van der Waals surface area contributed by atoms with Crippen LogP contribution in [0.4, 0.5) is 0 Å². The number of benzene rings is 1. The lowest BCUT2D eigenvalue weighted by Crippen LogP contribution is -2.45. The summed E-state index contributed by atoms with van der Waals surface area (Å²) >= 11 is 0. The molecular formula is C16H24N2O5S. The molecule has 0 saturated heterocycles. The average Bonchev–Trinajstić information content (AvgIpc) is 2.51. The predicted octanol–water partition coefficient (Wildman–Crippen LogP) is 1.81. The summed E-state index contributed by atoms with van der Waals surface area (Å²) in [6.07, 6.45) is 0.466. The van der Waals surface area contributed by atoms with Gasteiger partial charge < -0.3 is 9.47 Å². The van der Waals surface area contributed by atoms with Crippen molar-refractivity contribution in [3.8, 4) is 5.75 Å². The van der Waals surface area contributed by atoms with Crippen LogP contribution in [-0.2, 0) is 14.9 Å². The Balaban J connectivity index is 2.55. The lowest BCUT2D eigenvalue weighted by atomic mass is 9.89. The van der Waals surface area contributed by atoms with Crippen LogP contribution in [0.5, 0.6) is 5.75 Å². The highest BCUT2D eigenvalue weighted by molar-refractivity contribution is 7.86. The Labute approximate surface area is 143 Å². The van der Waals surface area contributed by atoms with Gasteiger partial charge in [0.25, 0.3) is 10.2 Å². The van der Waals surface area contributed by atoms with Crippen LogP contribution in [0.1, 0.15) is 42.2 Å². The maximum atomic E-state index is 12.5. The molecule has 2 rings (SSSR count). The molecular weight excluding hydrogens is 332 g/mol. The molecule has 1 heterocycles. The van der Waals surface area contributed by atoms with Crippen molar-refractivity contribution in [1.82, 2.24) is 8.61 Å². The van der Waals surface area contributed by atoms with Crippen molar-refractivity contribution in [3.05, 3.63) is 29.3 Å². The summed E-state index contributed by atoms with van der Waals surface area (Å²) in [6, 6.07) is 4.50. The number of nitrogens with zero attached hydrogens (tertiary/aromatic N) is 2. The van der Waals surface area contributed by atoms with Crippen LogP contribution in [0, 0.1) is 0 Å². The van der Waals surface area contributed by atoms with Gasteiger partial charge in [-0.15, -0.1) is 0 Å². The molecule has 0 spiro atoms. The zero-order valence-corrected chi connectivity index (χ0v) is 15.7. The van der Waals surface area contributed by atoms with Gasteiger partial charge in [0.1, 0.15) is 11.4 Å². The summed E-state index contributed by atoms with van der Waals surface area (Å²) in [5.74, 6) is 0.101. The van der Waals surface area contributed by atoms with E-state index in [9.17, 15) is 13.2 Å². The summed E-state index contributed by atoms with van der Waals surface area (Å²) in [7, 11) is 2.21. The van der Waals surface area contributed by atoms with Gasteiger partial charge in [0.05, 0.1) is 18.7 Å². The van der Waals surface area contributed by atoms with Crippen LogP contribution in [0.2, 0.25) is 0 Å². The van der Waals surface area contributed by atoms with E-state index < -0.39 is 27.8 Å². The monoisotopic (exact) mass is 356 g/mol. The standard InChI is InChI=1S/C16H24N2O5S/c1-16(2)10-13(18(5)24(20,21)17(3)4)12-9-11(15(19)22-6)7-8-14(12)23-16/h7-9,13H,10H2,1-6H3. The Morgan fingerprint density at radius 2 is 1.92 bits per heavy atom. The predicted molar refractivity (Wildman–Crippen MR) is 90.2 cm³/mol. The molecule has 8 heteroatoms. The number of fused-ring (bicyclic) bond motifs is 1. The first kappa shape index (κ1) is 18.7. The van der Waals surface area contributed by atoms with Gasteiger partial charge in [-0.3, -0.25) is 0 Å². The van der Waals surface area contributed by atoms with Crippen molar-refractivity contribution >= 4 is 16.2 Å². The van der Waals surface area contributed by atoms with Gasteiger partial charge in [-0.1, -0.05) is 0 Å². The highest BCUT2D eigenvalue weighted by Crippen LogP contribution is 2.43. The molecule has 0 amide bonds. The molecule has 1 aromatic rings. The Kier molecular flexibility index (Phi) is 4.94. The van der Waals surface area contributed by atoms with Crippen LogP contribution in [-0.4, -0.2) is 56.9 Å². The minimum absolute atomic E-state index is 0.361. The van der Waals surface area contributed by atoms with E-state index in [0.717, 1.165) is 0 Å². The van der Waals surface area contributed by atoms with Gasteiger partial charge in [0, 0.05) is 33.1 Å². The highest BCUT2D eigenvalue weighted by atomic mass is 32.2. The summed E-state index contributed by atoms with van der Waals surface area (Å²) in [6.45, 7) is 3.82. The zero-order valence-electron chi connectivity index (χ0n) is 14.9. The summed E-state index contributed by atoms with van der Waals surface area (Å²) in [5.41, 5.74) is 0.492. The molecule has 0 radical (unpaired) electrons. The summed E-state index contributed by atoms with van der Waals surface area (Å²) < 4.78 is 38.3. The second kappa shape index (κ2) is 6.34. The van der Waals surface area contributed by atoms with Gasteiger partial charge in [0.15, 0.2) is 0 Å². The Morgan fingerprint density at radius 1 is 1.29 bits per heavy atom. The molecule has 134 valence electrons. The molecule has 0 aliphatic carbocycles. The van der Waals surface area contributed by atoms with Gasteiger partial charge in [-0.05, 0) is 32.0 Å². The molecule has 24 heavy (non-hydrogen) atoms. The molecule has 7 nitrogen and oxygen atoms in total. The topological polar surface area (TPSA) is 76.2 Å². The third kappa shape index (κ3) is 3.40. The van der Waals surface area contributed by atoms with Gasteiger partial charge in [0.2, 0.25) is 0 Å². The van der Waals surface area contributed by atoms with Crippen molar-refractivity contribution < 1.29 is 22.7 Å². The number of carbonyl (C=O) groups excluding carboxylic acids is 1. The minimum Gasteiger partial charge on any atom is -0.487 e. The Bertz CT molecular complexity index is 743. The number of rotatable bonds is 4. The van der Waals surface area contributed by atoms with E-state index in [1.807, 2.05) is 13.8 Å². The third-order valence-electron chi connectivity index (χ3n) is 4.13. The lowest BCUT2D eigenvalue weighted by Gasteiger charge is -2.41. The number of carbonyl (C=O) groups is 1. The molecule has 0 N–H and O–H groups in total. The highest BCUT2D eigenvalue weighted by Gasteiger charge is 2.40. The lowest BCUT2D eigenvalue weighted by molar-refractivity contribution is 0.0528. The summed E-state index contributed by atoms with van der Waals surface area (Å²) in [5, 5.41) is 0. The van der Waals surface area contributed by atoms with Crippen molar-refractivity contribution in [2.45, 2.75) is 31.9 Å². The van der Waals surface area contributed by atoms with E-state index in [-0.39, 0.29) is 0 Å². The smallest absolute Gasteiger partial charge is 0.337 e. The van der Waals surface area contributed by atoms with Crippen molar-refractivity contribution in [3.63, 3.8) is 0 Å². The fraction of sp³-hybridized carbons (Fsp3) is 0.562. The molecule has 1 aromatic carbocycles. The maximum absolute atomic E-state index is 12.5. The number of methoxy groups -OCH3 is 1. The maximum Gasteiger partial charge on any atom is 0.337 e. The van der Waals surface area contributed by atoms with Gasteiger partial charge in [-0.2, -0.15) is 17.0 Å². The normalized spacial score (nSPS) is 19.8. The molecule has 0 bridgehead atoms. The minimum atomic E-state index is -3.61. The largest absolute Gasteiger partial charge is 0.487 e. The first-order chi connectivity index (χ1) is 11.0. The van der Waals surface area contributed by atoms with Crippen LogP contribution in [0.25, 0.3) is 0 Å². The van der Waals surface area contributed by atoms with E-state index in [0.29, 0.717) is 23.3 Å². The number of esters is 1. The second-order valence-electron chi connectivity index (χ2n) is 6.63. The van der Waals surface area contributed by atoms with Crippen LogP contribution in [0.15, 0.2) is 18.2 Å².